The second kappa shape index (κ2) is 10.8. The molecule has 0 bridgehead atoms. The Morgan fingerprint density at radius 3 is 2.86 bits per heavy atom. The Labute approximate surface area is 204 Å². The predicted octanol–water partition coefficient (Wildman–Crippen LogP) is 2.45. The third-order valence-electron chi connectivity index (χ3n) is 6.27. The van der Waals surface area contributed by atoms with E-state index in [-0.39, 0.29) is 23.1 Å². The van der Waals surface area contributed by atoms with Gasteiger partial charge >= 0.3 is 0 Å². The van der Waals surface area contributed by atoms with Gasteiger partial charge in [-0.05, 0) is 49.6 Å². The molecule has 184 valence electrons. The second-order valence-corrected chi connectivity index (χ2v) is 10.1. The highest BCUT2D eigenvalue weighted by Crippen LogP contribution is 2.23. The van der Waals surface area contributed by atoms with Gasteiger partial charge in [-0.15, -0.1) is 0 Å². The number of benzene rings is 1. The fraction of sp³-hybridized carbons (Fsp3) is 0.375. The molecule has 35 heavy (non-hydrogen) atoms. The molecule has 0 radical (unpaired) electrons. The van der Waals surface area contributed by atoms with E-state index in [4.69, 9.17) is 4.84 Å². The summed E-state index contributed by atoms with van der Waals surface area (Å²) in [6.45, 7) is 1.32. The molecule has 3 heterocycles. The smallest absolute Gasteiger partial charge is 0.241 e. The molecule has 0 aliphatic carbocycles. The molecule has 3 aromatic rings. The van der Waals surface area contributed by atoms with Crippen LogP contribution in [0.25, 0.3) is 10.9 Å². The Balaban J connectivity index is 1.55. The van der Waals surface area contributed by atoms with Gasteiger partial charge in [0.1, 0.15) is 24.9 Å². The highest BCUT2D eigenvalue weighted by molar-refractivity contribution is 7.89. The minimum absolute atomic E-state index is 0.113. The molecule has 2 aromatic heterocycles. The lowest BCUT2D eigenvalue weighted by atomic mass is 9.97. The molecule has 1 unspecified atom stereocenters. The number of aryl methyl sites for hydroxylation is 1. The molecule has 1 aliphatic rings. The summed E-state index contributed by atoms with van der Waals surface area (Å²) in [6, 6.07) is 11.2. The minimum atomic E-state index is -4.00. The van der Waals surface area contributed by atoms with Crippen molar-refractivity contribution in [1.82, 2.24) is 19.2 Å². The second-order valence-electron chi connectivity index (χ2n) is 8.46. The fourth-order valence-corrected chi connectivity index (χ4v) is 5.83. The Morgan fingerprint density at radius 2 is 2.11 bits per heavy atom. The SMILES string of the molecule is CO/N=C/C1CCN(C(=O)C(CCn2cccc2C#N)NS(=O)(=O)c2cccc3[nH]ccc23)CC1. The van der Waals surface area contributed by atoms with Crippen LogP contribution in [0.4, 0.5) is 0 Å². The summed E-state index contributed by atoms with van der Waals surface area (Å²) in [4.78, 5) is 23.1. The number of aromatic amines is 1. The molecule has 1 amide bonds. The summed E-state index contributed by atoms with van der Waals surface area (Å²) < 4.78 is 31.2. The maximum atomic E-state index is 13.5. The first-order valence-corrected chi connectivity index (χ1v) is 12.9. The van der Waals surface area contributed by atoms with Crippen LogP contribution in [0.3, 0.4) is 0 Å². The van der Waals surface area contributed by atoms with Gasteiger partial charge in [0, 0.05) is 55.1 Å². The zero-order valence-electron chi connectivity index (χ0n) is 19.4. The number of likely N-dealkylation sites (tertiary alicyclic amines) is 1. The van der Waals surface area contributed by atoms with Crippen molar-refractivity contribution in [1.29, 1.82) is 5.26 Å². The van der Waals surface area contributed by atoms with Crippen LogP contribution < -0.4 is 4.72 Å². The first-order chi connectivity index (χ1) is 16.9. The van der Waals surface area contributed by atoms with E-state index in [1.54, 1.807) is 58.4 Å². The molecule has 10 nitrogen and oxygen atoms in total. The maximum Gasteiger partial charge on any atom is 0.241 e. The van der Waals surface area contributed by atoms with Crippen molar-refractivity contribution in [2.24, 2.45) is 11.1 Å². The molecule has 1 saturated heterocycles. The average molecular weight is 497 g/mol. The highest BCUT2D eigenvalue weighted by atomic mass is 32.2. The topological polar surface area (TPSA) is 133 Å². The van der Waals surface area contributed by atoms with E-state index in [1.165, 1.54) is 13.2 Å². The van der Waals surface area contributed by atoms with E-state index in [2.05, 4.69) is 20.9 Å². The number of hydrogen-bond acceptors (Lipinski definition) is 6. The Morgan fingerprint density at radius 1 is 1.31 bits per heavy atom. The van der Waals surface area contributed by atoms with Crippen molar-refractivity contribution in [3.05, 3.63) is 54.5 Å². The van der Waals surface area contributed by atoms with Gasteiger partial charge in [-0.3, -0.25) is 4.79 Å². The standard InChI is InChI=1S/C24H28N6O4S/c1-34-27-17-18-8-13-30(14-9-18)24(31)22(10-15-29-12-3-4-19(29)16-25)28-35(32,33)23-6-2-5-21-20(23)7-11-26-21/h2-7,11-12,17-18,22,26,28H,8-10,13-15H2,1H3/b27-17+. The number of nitrogens with one attached hydrogen (secondary N) is 2. The van der Waals surface area contributed by atoms with E-state index < -0.39 is 16.1 Å². The van der Waals surface area contributed by atoms with E-state index in [0.717, 1.165) is 12.8 Å². The third-order valence-corrected chi connectivity index (χ3v) is 7.80. The Hall–Kier alpha value is -3.62. The van der Waals surface area contributed by atoms with Crippen LogP contribution in [0, 0.1) is 17.2 Å². The zero-order valence-corrected chi connectivity index (χ0v) is 20.2. The van der Waals surface area contributed by atoms with Gasteiger partial charge in [0.15, 0.2) is 0 Å². The Kier molecular flexibility index (Phi) is 7.53. The molecule has 4 rings (SSSR count). The van der Waals surface area contributed by atoms with Crippen LogP contribution in [-0.4, -0.2) is 61.2 Å². The maximum absolute atomic E-state index is 13.5. The number of rotatable bonds is 9. The number of H-pyrrole nitrogens is 1. The molecule has 2 N–H and O–H groups in total. The zero-order chi connectivity index (χ0) is 24.8. The van der Waals surface area contributed by atoms with Crippen LogP contribution in [0.1, 0.15) is 25.0 Å². The summed E-state index contributed by atoms with van der Waals surface area (Å²) in [7, 11) is -2.51. The summed E-state index contributed by atoms with van der Waals surface area (Å²) in [5.41, 5.74) is 1.15. The number of fused-ring (bicyclic) bond motifs is 1. The van der Waals surface area contributed by atoms with Crippen molar-refractivity contribution in [3.8, 4) is 6.07 Å². The normalized spacial score (nSPS) is 15.9. The van der Waals surface area contributed by atoms with Gasteiger partial charge in [-0.1, -0.05) is 11.2 Å². The van der Waals surface area contributed by atoms with Crippen molar-refractivity contribution in [2.45, 2.75) is 36.7 Å². The molecule has 1 aromatic carbocycles. The van der Waals surface area contributed by atoms with Crippen molar-refractivity contribution >= 4 is 33.0 Å². The summed E-state index contributed by atoms with van der Waals surface area (Å²) in [5, 5.41) is 13.7. The number of oxime groups is 1. The molecule has 1 fully saturated rings. The van der Waals surface area contributed by atoms with Crippen LogP contribution >= 0.6 is 0 Å². The van der Waals surface area contributed by atoms with Gasteiger partial charge in [0.25, 0.3) is 0 Å². The minimum Gasteiger partial charge on any atom is -0.399 e. The molecular weight excluding hydrogens is 468 g/mol. The molecule has 11 heteroatoms. The average Bonchev–Trinajstić information content (AvgIpc) is 3.54. The number of hydrogen-bond donors (Lipinski definition) is 2. The monoisotopic (exact) mass is 496 g/mol. The lowest BCUT2D eigenvalue weighted by molar-refractivity contribution is -0.134. The number of nitriles is 1. The van der Waals surface area contributed by atoms with E-state index in [9.17, 15) is 18.5 Å². The predicted molar refractivity (Wildman–Crippen MR) is 131 cm³/mol. The van der Waals surface area contributed by atoms with Crippen molar-refractivity contribution in [2.75, 3.05) is 20.2 Å². The first kappa shape index (κ1) is 24.5. The summed E-state index contributed by atoms with van der Waals surface area (Å²) in [6.07, 6.45) is 6.81. The lowest BCUT2D eigenvalue weighted by Gasteiger charge is -2.33. The van der Waals surface area contributed by atoms with Crippen molar-refractivity contribution < 1.29 is 18.0 Å². The number of piperidine rings is 1. The lowest BCUT2D eigenvalue weighted by Crippen LogP contribution is -2.51. The number of carbonyl (C=O) groups is 1. The summed E-state index contributed by atoms with van der Waals surface area (Å²) in [5.74, 6) is -0.0685. The van der Waals surface area contributed by atoms with Crippen LogP contribution in [0.2, 0.25) is 0 Å². The molecule has 1 atom stereocenters. The van der Waals surface area contributed by atoms with Crippen molar-refractivity contribution in [3.63, 3.8) is 0 Å². The van der Waals surface area contributed by atoms with Gasteiger partial charge in [-0.25, -0.2) is 8.42 Å². The quantitative estimate of drug-likeness (QED) is 0.347. The first-order valence-electron chi connectivity index (χ1n) is 11.4. The fourth-order valence-electron chi connectivity index (χ4n) is 4.39. The molecular formula is C24H28N6O4S. The number of sulfonamides is 1. The van der Waals surface area contributed by atoms with Crippen LogP contribution in [0.5, 0.6) is 0 Å². The Bertz CT molecular complexity index is 1350. The van der Waals surface area contributed by atoms with Gasteiger partial charge in [0.05, 0.1) is 4.90 Å². The van der Waals surface area contributed by atoms with E-state index in [1.807, 2.05) is 0 Å². The number of amides is 1. The van der Waals surface area contributed by atoms with E-state index >= 15 is 0 Å². The van der Waals surface area contributed by atoms with Crippen LogP contribution in [-0.2, 0) is 26.2 Å². The number of nitrogens with zero attached hydrogens (tertiary/aromatic N) is 4. The van der Waals surface area contributed by atoms with Gasteiger partial charge < -0.3 is 19.3 Å². The summed E-state index contributed by atoms with van der Waals surface area (Å²) >= 11 is 0. The molecule has 0 saturated carbocycles. The highest BCUT2D eigenvalue weighted by Gasteiger charge is 2.32. The number of carbonyl (C=O) groups excluding carboxylic acids is 1. The molecule has 1 aliphatic heterocycles. The van der Waals surface area contributed by atoms with Gasteiger partial charge in [0.2, 0.25) is 15.9 Å². The van der Waals surface area contributed by atoms with Crippen LogP contribution in [0.15, 0.2) is 58.8 Å². The van der Waals surface area contributed by atoms with E-state index in [0.29, 0.717) is 36.2 Å². The largest absolute Gasteiger partial charge is 0.399 e. The number of aromatic nitrogens is 2. The third kappa shape index (κ3) is 5.55. The van der Waals surface area contributed by atoms with Gasteiger partial charge in [-0.2, -0.15) is 9.98 Å². The molecule has 0 spiro atoms.